The fraction of sp³-hybridized carbons (Fsp3) is 0.650. The van der Waals surface area contributed by atoms with E-state index >= 15 is 0 Å². The van der Waals surface area contributed by atoms with Crippen molar-refractivity contribution >= 4 is 23.3 Å². The summed E-state index contributed by atoms with van der Waals surface area (Å²) in [6.45, 7) is 10.7. The standard InChI is InChI=1S/C40H60F3NO12/c1-3-5-9-33(4-2)38(45)55-30-28-53-26-24-51-22-20-49-18-16-47-14-15-48-17-19-50-21-23-52-25-27-54-29-31-56-39(46)36-12-6-7-13-37(36)44-35-11-8-10-34(32-35)40(41,42)43/h6-8,10-13,32-33,44H,3-5,9,14-31H2,1-2H3. The van der Waals surface area contributed by atoms with E-state index in [2.05, 4.69) is 12.2 Å². The second-order valence-electron chi connectivity index (χ2n) is 12.2. The van der Waals surface area contributed by atoms with Gasteiger partial charge in [0.2, 0.25) is 0 Å². The van der Waals surface area contributed by atoms with Crippen LogP contribution in [-0.2, 0) is 58.3 Å². The Labute approximate surface area is 328 Å². The lowest BCUT2D eigenvalue weighted by atomic mass is 10.00. The summed E-state index contributed by atoms with van der Waals surface area (Å²) in [5.41, 5.74) is -0.101. The van der Waals surface area contributed by atoms with Crippen molar-refractivity contribution in [2.45, 2.75) is 45.7 Å². The predicted molar refractivity (Wildman–Crippen MR) is 202 cm³/mol. The van der Waals surface area contributed by atoms with Gasteiger partial charge < -0.3 is 52.7 Å². The van der Waals surface area contributed by atoms with E-state index in [-0.39, 0.29) is 43.0 Å². The summed E-state index contributed by atoms with van der Waals surface area (Å²) in [6, 6.07) is 11.1. The number of carbonyl (C=O) groups is 2. The van der Waals surface area contributed by atoms with Crippen LogP contribution in [0.15, 0.2) is 48.5 Å². The van der Waals surface area contributed by atoms with Crippen LogP contribution in [0.4, 0.5) is 24.5 Å². The molecule has 0 heterocycles. The first-order chi connectivity index (χ1) is 27.3. The number of rotatable bonds is 35. The minimum absolute atomic E-state index is 0.00573. The first-order valence-corrected chi connectivity index (χ1v) is 19.2. The molecular weight excluding hydrogens is 743 g/mol. The van der Waals surface area contributed by atoms with E-state index < -0.39 is 17.7 Å². The molecule has 13 nitrogen and oxygen atoms in total. The molecule has 1 N–H and O–H groups in total. The van der Waals surface area contributed by atoms with Crippen LogP contribution in [0.3, 0.4) is 0 Å². The third kappa shape index (κ3) is 23.7. The number of hydrogen-bond acceptors (Lipinski definition) is 13. The van der Waals surface area contributed by atoms with Crippen LogP contribution in [0.5, 0.6) is 0 Å². The minimum Gasteiger partial charge on any atom is -0.463 e. The zero-order chi connectivity index (χ0) is 40.5. The Kier molecular flexibility index (Phi) is 27.6. The lowest BCUT2D eigenvalue weighted by Crippen LogP contribution is -2.20. The Morgan fingerprint density at radius 3 is 1.48 bits per heavy atom. The zero-order valence-electron chi connectivity index (χ0n) is 32.8. The van der Waals surface area contributed by atoms with E-state index in [0.717, 1.165) is 37.8 Å². The van der Waals surface area contributed by atoms with Gasteiger partial charge in [-0.3, -0.25) is 4.79 Å². The number of carbonyl (C=O) groups excluding carboxylic acids is 2. The number of nitrogens with one attached hydrogen (secondary N) is 1. The van der Waals surface area contributed by atoms with Gasteiger partial charge in [-0.15, -0.1) is 0 Å². The zero-order valence-corrected chi connectivity index (χ0v) is 32.8. The number of anilines is 2. The van der Waals surface area contributed by atoms with Gasteiger partial charge in [0.05, 0.1) is 128 Å². The van der Waals surface area contributed by atoms with Crippen molar-refractivity contribution in [3.63, 3.8) is 0 Å². The fourth-order valence-corrected chi connectivity index (χ4v) is 4.87. The van der Waals surface area contributed by atoms with Gasteiger partial charge in [0.1, 0.15) is 13.2 Å². The molecule has 1 atom stereocenters. The number of alkyl halides is 3. The molecule has 0 saturated heterocycles. The lowest BCUT2D eigenvalue weighted by Gasteiger charge is -2.13. The van der Waals surface area contributed by atoms with Gasteiger partial charge in [-0.05, 0) is 43.2 Å². The molecule has 0 saturated carbocycles. The van der Waals surface area contributed by atoms with Gasteiger partial charge in [-0.1, -0.05) is 44.9 Å². The van der Waals surface area contributed by atoms with Crippen molar-refractivity contribution in [1.82, 2.24) is 0 Å². The van der Waals surface area contributed by atoms with Crippen LogP contribution >= 0.6 is 0 Å². The number of hydrogen-bond donors (Lipinski definition) is 1. The lowest BCUT2D eigenvalue weighted by molar-refractivity contribution is -0.150. The number of para-hydroxylation sites is 1. The van der Waals surface area contributed by atoms with Crippen LogP contribution in [-0.4, -0.2) is 131 Å². The first-order valence-electron chi connectivity index (χ1n) is 19.2. The highest BCUT2D eigenvalue weighted by atomic mass is 19.4. The second kappa shape index (κ2) is 31.7. The van der Waals surface area contributed by atoms with E-state index in [9.17, 15) is 22.8 Å². The number of esters is 2. The molecule has 2 aromatic carbocycles. The highest BCUT2D eigenvalue weighted by Crippen LogP contribution is 2.32. The van der Waals surface area contributed by atoms with Crippen molar-refractivity contribution in [3.05, 3.63) is 59.7 Å². The fourth-order valence-electron chi connectivity index (χ4n) is 4.87. The van der Waals surface area contributed by atoms with E-state index in [1.807, 2.05) is 6.92 Å². The molecule has 0 bridgehead atoms. The highest BCUT2D eigenvalue weighted by Gasteiger charge is 2.30. The average molecular weight is 804 g/mol. The molecule has 0 spiro atoms. The van der Waals surface area contributed by atoms with Gasteiger partial charge in [0.15, 0.2) is 0 Å². The molecule has 0 aliphatic rings. The quantitative estimate of drug-likeness (QED) is 0.0600. The summed E-state index contributed by atoms with van der Waals surface area (Å²) in [5.74, 6) is -0.792. The topological polar surface area (TPSA) is 138 Å². The maximum atomic E-state index is 13.1. The Morgan fingerprint density at radius 1 is 0.589 bits per heavy atom. The van der Waals surface area contributed by atoms with Gasteiger partial charge in [-0.25, -0.2) is 4.79 Å². The molecule has 2 aromatic rings. The monoisotopic (exact) mass is 803 g/mol. The maximum Gasteiger partial charge on any atom is 0.416 e. The Hall–Kier alpha value is -3.35. The van der Waals surface area contributed by atoms with Crippen LogP contribution in [0.1, 0.15) is 55.5 Å². The molecule has 56 heavy (non-hydrogen) atoms. The number of unbranched alkanes of at least 4 members (excludes halogenated alkanes) is 1. The summed E-state index contributed by atoms with van der Waals surface area (Å²) in [5, 5.41) is 2.86. The van der Waals surface area contributed by atoms with Gasteiger partial charge in [0, 0.05) is 5.69 Å². The van der Waals surface area contributed by atoms with Gasteiger partial charge in [-0.2, -0.15) is 13.2 Å². The molecule has 0 aromatic heterocycles. The molecule has 2 rings (SSSR count). The predicted octanol–water partition coefficient (Wildman–Crippen LogP) is 6.50. The molecule has 0 radical (unpaired) electrons. The van der Waals surface area contributed by atoms with Crippen molar-refractivity contribution in [2.75, 3.05) is 124 Å². The summed E-state index contributed by atoms with van der Waals surface area (Å²) < 4.78 is 93.4. The molecule has 1 unspecified atom stereocenters. The smallest absolute Gasteiger partial charge is 0.416 e. The molecule has 0 aliphatic carbocycles. The minimum atomic E-state index is -4.48. The third-order valence-electron chi connectivity index (χ3n) is 7.89. The van der Waals surface area contributed by atoms with Gasteiger partial charge >= 0.3 is 18.1 Å². The molecule has 0 aliphatic heterocycles. The number of ether oxygens (including phenoxy) is 10. The molecule has 0 fully saturated rings. The number of halogens is 3. The Morgan fingerprint density at radius 2 is 1.04 bits per heavy atom. The van der Waals surface area contributed by atoms with Crippen LogP contribution in [0.2, 0.25) is 0 Å². The SMILES string of the molecule is CCCCC(CC)C(=O)OCCOCCOCCOCCOCCOCCOCCOCCOCCOC(=O)c1ccccc1Nc1cccc(C(F)(F)F)c1. The molecule has 318 valence electrons. The van der Waals surface area contributed by atoms with Crippen LogP contribution in [0, 0.1) is 5.92 Å². The van der Waals surface area contributed by atoms with E-state index in [1.54, 1.807) is 18.2 Å². The summed E-state index contributed by atoms with van der Waals surface area (Å²) in [7, 11) is 0. The summed E-state index contributed by atoms with van der Waals surface area (Å²) >= 11 is 0. The van der Waals surface area contributed by atoms with Crippen LogP contribution < -0.4 is 5.32 Å². The van der Waals surface area contributed by atoms with Crippen molar-refractivity contribution in [1.29, 1.82) is 0 Å². The van der Waals surface area contributed by atoms with E-state index in [0.29, 0.717) is 105 Å². The first kappa shape index (κ1) is 48.8. The summed E-state index contributed by atoms with van der Waals surface area (Å²) in [6.07, 6.45) is -0.712. The third-order valence-corrected chi connectivity index (χ3v) is 7.89. The Balaban J connectivity index is 1.30. The largest absolute Gasteiger partial charge is 0.463 e. The van der Waals surface area contributed by atoms with Crippen molar-refractivity contribution in [3.8, 4) is 0 Å². The number of benzene rings is 2. The van der Waals surface area contributed by atoms with Gasteiger partial charge in [0.25, 0.3) is 0 Å². The maximum absolute atomic E-state index is 13.1. The molecule has 0 amide bonds. The molecular formula is C40H60F3NO12. The Bertz CT molecular complexity index is 1300. The highest BCUT2D eigenvalue weighted by molar-refractivity contribution is 5.96. The van der Waals surface area contributed by atoms with Crippen molar-refractivity contribution in [2.24, 2.45) is 5.92 Å². The molecule has 16 heteroatoms. The summed E-state index contributed by atoms with van der Waals surface area (Å²) in [4.78, 5) is 24.6. The van der Waals surface area contributed by atoms with E-state index in [4.69, 9.17) is 47.4 Å². The average Bonchev–Trinajstić information content (AvgIpc) is 3.19. The normalized spacial score (nSPS) is 12.1. The van der Waals surface area contributed by atoms with Crippen molar-refractivity contribution < 1.29 is 70.1 Å². The van der Waals surface area contributed by atoms with Crippen LogP contribution in [0.25, 0.3) is 0 Å². The van der Waals surface area contributed by atoms with E-state index in [1.165, 1.54) is 18.2 Å². The second-order valence-corrected chi connectivity index (χ2v) is 12.2.